The number of rotatable bonds is 4. The second kappa shape index (κ2) is 10.7. The highest BCUT2D eigenvalue weighted by molar-refractivity contribution is 6.28. The number of nitrogens with zero attached hydrogens (tertiary/aromatic N) is 4. The molecule has 0 radical (unpaired) electrons. The maximum atomic E-state index is 6.64. The largest absolute Gasteiger partial charge is 0.456 e. The number of hydrogen-bond donors (Lipinski definition) is 0. The minimum Gasteiger partial charge on any atom is -0.456 e. The van der Waals surface area contributed by atoms with E-state index in [9.17, 15) is 0 Å². The van der Waals surface area contributed by atoms with Crippen molar-refractivity contribution in [3.05, 3.63) is 158 Å². The highest BCUT2D eigenvalue weighted by Crippen LogP contribution is 2.44. The molecule has 6 heteroatoms. The Hall–Kier alpha value is -7.05. The number of benzene rings is 7. The van der Waals surface area contributed by atoms with Crippen molar-refractivity contribution < 1.29 is 8.83 Å². The molecule has 7 aromatic carbocycles. The highest BCUT2D eigenvalue weighted by Gasteiger charge is 2.22. The first-order valence-corrected chi connectivity index (χ1v) is 16.9. The van der Waals surface area contributed by atoms with Crippen LogP contribution < -0.4 is 0 Å². The third kappa shape index (κ3) is 4.20. The zero-order chi connectivity index (χ0) is 33.5. The Bertz CT molecular complexity index is 3030. The van der Waals surface area contributed by atoms with Gasteiger partial charge in [0.05, 0.1) is 11.0 Å². The van der Waals surface area contributed by atoms with Gasteiger partial charge in [0.15, 0.2) is 17.5 Å². The molecule has 0 unspecified atom stereocenters. The molecule has 0 fully saturated rings. The lowest BCUT2D eigenvalue weighted by atomic mass is 10.0. The fraction of sp³-hybridized carbons (Fsp3) is 0. The van der Waals surface area contributed by atoms with Crippen LogP contribution in [0.25, 0.3) is 106 Å². The summed E-state index contributed by atoms with van der Waals surface area (Å²) >= 11 is 0. The molecule has 4 heterocycles. The summed E-state index contributed by atoms with van der Waals surface area (Å²) < 4.78 is 15.5. The molecule has 0 amide bonds. The molecule has 0 atom stereocenters. The lowest BCUT2D eigenvalue weighted by Gasteiger charge is -2.09. The Morgan fingerprint density at radius 2 is 0.922 bits per heavy atom. The summed E-state index contributed by atoms with van der Waals surface area (Å²) in [6.07, 6.45) is 0. The zero-order valence-corrected chi connectivity index (χ0v) is 27.1. The lowest BCUT2D eigenvalue weighted by molar-refractivity contribution is 0.662. The van der Waals surface area contributed by atoms with Gasteiger partial charge < -0.3 is 13.4 Å². The molecule has 0 aliphatic rings. The van der Waals surface area contributed by atoms with Gasteiger partial charge in [-0.1, -0.05) is 109 Å². The molecule has 0 aliphatic heterocycles. The van der Waals surface area contributed by atoms with Crippen molar-refractivity contribution in [1.82, 2.24) is 19.5 Å². The second-order valence-electron chi connectivity index (χ2n) is 12.8. The maximum Gasteiger partial charge on any atom is 0.164 e. The predicted octanol–water partition coefficient (Wildman–Crippen LogP) is 11.8. The summed E-state index contributed by atoms with van der Waals surface area (Å²) in [6, 6.07) is 53.7. The van der Waals surface area contributed by atoms with E-state index in [2.05, 4.69) is 77.4 Å². The number of hydrogen-bond acceptors (Lipinski definition) is 5. The van der Waals surface area contributed by atoms with Gasteiger partial charge in [-0.3, -0.25) is 0 Å². The van der Waals surface area contributed by atoms with E-state index in [1.807, 2.05) is 84.9 Å². The first kappa shape index (κ1) is 27.9. The monoisotopic (exact) mass is 654 g/mol. The fourth-order valence-electron chi connectivity index (χ4n) is 7.62. The van der Waals surface area contributed by atoms with E-state index in [1.54, 1.807) is 0 Å². The average molecular weight is 655 g/mol. The van der Waals surface area contributed by atoms with Crippen LogP contribution in [0, 0.1) is 0 Å². The normalized spacial score (nSPS) is 11.9. The first-order chi connectivity index (χ1) is 25.3. The van der Waals surface area contributed by atoms with Crippen molar-refractivity contribution >= 4 is 65.7 Å². The quantitative estimate of drug-likeness (QED) is 0.189. The Kier molecular flexibility index (Phi) is 5.86. The van der Waals surface area contributed by atoms with Crippen molar-refractivity contribution in [2.24, 2.45) is 0 Å². The van der Waals surface area contributed by atoms with Crippen LogP contribution in [0.15, 0.2) is 167 Å². The Labute approximate surface area is 290 Å². The van der Waals surface area contributed by atoms with E-state index in [0.29, 0.717) is 17.5 Å². The smallest absolute Gasteiger partial charge is 0.164 e. The van der Waals surface area contributed by atoms with Gasteiger partial charge in [0, 0.05) is 60.8 Å². The van der Waals surface area contributed by atoms with E-state index < -0.39 is 0 Å². The Balaban J connectivity index is 1.17. The molecule has 0 bridgehead atoms. The van der Waals surface area contributed by atoms with Crippen LogP contribution in [0.4, 0.5) is 0 Å². The van der Waals surface area contributed by atoms with Crippen molar-refractivity contribution in [2.75, 3.05) is 0 Å². The van der Waals surface area contributed by atoms with Crippen LogP contribution >= 0.6 is 0 Å². The average Bonchev–Trinajstić information content (AvgIpc) is 3.87. The second-order valence-corrected chi connectivity index (χ2v) is 12.8. The molecule has 0 N–H and O–H groups in total. The van der Waals surface area contributed by atoms with Crippen LogP contribution in [0.5, 0.6) is 0 Å². The van der Waals surface area contributed by atoms with E-state index in [1.165, 1.54) is 10.8 Å². The molecule has 0 spiro atoms. The summed E-state index contributed by atoms with van der Waals surface area (Å²) in [5.74, 6) is 1.80. The maximum absolute atomic E-state index is 6.64. The van der Waals surface area contributed by atoms with Crippen LogP contribution in [-0.4, -0.2) is 19.5 Å². The van der Waals surface area contributed by atoms with Gasteiger partial charge in [-0.25, -0.2) is 15.0 Å². The highest BCUT2D eigenvalue weighted by atomic mass is 16.3. The molecular weight excluding hydrogens is 629 g/mol. The van der Waals surface area contributed by atoms with Crippen LogP contribution in [0.1, 0.15) is 0 Å². The first-order valence-electron chi connectivity index (χ1n) is 16.9. The summed E-state index contributed by atoms with van der Waals surface area (Å²) in [5.41, 5.74) is 9.20. The molecule has 0 aliphatic carbocycles. The lowest BCUT2D eigenvalue weighted by Crippen LogP contribution is -2.00. The van der Waals surface area contributed by atoms with Crippen molar-refractivity contribution in [1.29, 1.82) is 0 Å². The van der Waals surface area contributed by atoms with Crippen LogP contribution in [-0.2, 0) is 0 Å². The summed E-state index contributed by atoms with van der Waals surface area (Å²) in [5, 5.41) is 6.38. The van der Waals surface area contributed by atoms with Crippen LogP contribution in [0.3, 0.4) is 0 Å². The Morgan fingerprint density at radius 3 is 1.59 bits per heavy atom. The number of furan rings is 2. The van der Waals surface area contributed by atoms with Gasteiger partial charge in [0.1, 0.15) is 22.3 Å². The molecule has 11 rings (SSSR count). The third-order valence-electron chi connectivity index (χ3n) is 9.86. The fourth-order valence-corrected chi connectivity index (χ4v) is 7.62. The molecule has 238 valence electrons. The van der Waals surface area contributed by atoms with Gasteiger partial charge in [-0.15, -0.1) is 0 Å². The van der Waals surface area contributed by atoms with Crippen LogP contribution in [0.2, 0.25) is 0 Å². The molecule has 4 aromatic heterocycles. The standard InChI is InChI=1S/C45H26N4O2/c1-3-12-27(13-4-1)43-46-44(28-14-5-2-6-15-28)48-45(47-43)33-18-11-21-36-41(33)42-38(50-36)25-24-37-40(42)32-23-22-29(26-39(32)51-37)49-34-19-9-7-16-30(34)31-17-8-10-20-35(31)49/h1-26H. The number of fused-ring (bicyclic) bond motifs is 10. The van der Waals surface area contributed by atoms with E-state index in [0.717, 1.165) is 77.3 Å². The number of para-hydroxylation sites is 2. The van der Waals surface area contributed by atoms with E-state index >= 15 is 0 Å². The molecular formula is C45H26N4O2. The SMILES string of the molecule is c1ccc(-c2nc(-c3ccccc3)nc(-c3cccc4oc5ccc6oc7cc(-n8c9ccccc9c9ccccc98)ccc7c6c5c34)n2)cc1. The van der Waals surface area contributed by atoms with E-state index in [4.69, 9.17) is 23.8 Å². The third-order valence-corrected chi connectivity index (χ3v) is 9.86. The van der Waals surface area contributed by atoms with Gasteiger partial charge in [0.2, 0.25) is 0 Å². The van der Waals surface area contributed by atoms with Gasteiger partial charge in [-0.05, 0) is 42.5 Å². The van der Waals surface area contributed by atoms with Crippen molar-refractivity contribution in [3.8, 4) is 39.9 Å². The van der Waals surface area contributed by atoms with Gasteiger partial charge >= 0.3 is 0 Å². The van der Waals surface area contributed by atoms with E-state index in [-0.39, 0.29) is 0 Å². The minimum absolute atomic E-state index is 0.578. The molecule has 6 nitrogen and oxygen atoms in total. The summed E-state index contributed by atoms with van der Waals surface area (Å²) in [6.45, 7) is 0. The molecule has 0 saturated carbocycles. The molecule has 0 saturated heterocycles. The van der Waals surface area contributed by atoms with Gasteiger partial charge in [-0.2, -0.15) is 0 Å². The minimum atomic E-state index is 0.578. The molecule has 11 aromatic rings. The van der Waals surface area contributed by atoms with Crippen molar-refractivity contribution in [3.63, 3.8) is 0 Å². The van der Waals surface area contributed by atoms with Crippen molar-refractivity contribution in [2.45, 2.75) is 0 Å². The topological polar surface area (TPSA) is 69.9 Å². The zero-order valence-electron chi connectivity index (χ0n) is 27.1. The predicted molar refractivity (Wildman–Crippen MR) is 205 cm³/mol. The summed E-state index contributed by atoms with van der Waals surface area (Å²) in [4.78, 5) is 15.0. The Morgan fingerprint density at radius 1 is 0.373 bits per heavy atom. The molecule has 51 heavy (non-hydrogen) atoms. The van der Waals surface area contributed by atoms with Gasteiger partial charge in [0.25, 0.3) is 0 Å². The summed E-state index contributed by atoms with van der Waals surface area (Å²) in [7, 11) is 0. The number of aromatic nitrogens is 4.